The van der Waals surface area contributed by atoms with Gasteiger partial charge in [-0.25, -0.2) is 4.39 Å². The van der Waals surface area contributed by atoms with Crippen LogP contribution < -0.4 is 5.73 Å². The van der Waals surface area contributed by atoms with Gasteiger partial charge in [0.05, 0.1) is 5.70 Å². The maximum absolute atomic E-state index is 12.7. The van der Waals surface area contributed by atoms with Crippen LogP contribution in [0.15, 0.2) is 35.3 Å². The molecular formula is C8H10FN. The summed E-state index contributed by atoms with van der Waals surface area (Å²) in [6, 6.07) is 0. The van der Waals surface area contributed by atoms with Crippen LogP contribution in [0.3, 0.4) is 0 Å². The van der Waals surface area contributed by atoms with Gasteiger partial charge in [0.2, 0.25) is 0 Å². The molecule has 0 spiro atoms. The third-order valence-electron chi connectivity index (χ3n) is 1.39. The summed E-state index contributed by atoms with van der Waals surface area (Å²) in [4.78, 5) is 0. The Labute approximate surface area is 59.7 Å². The Morgan fingerprint density at radius 3 is 3.00 bits per heavy atom. The van der Waals surface area contributed by atoms with Crippen LogP contribution in [0.4, 0.5) is 4.39 Å². The van der Waals surface area contributed by atoms with Crippen molar-refractivity contribution in [1.29, 1.82) is 0 Å². The minimum absolute atomic E-state index is 0.219. The Kier molecular flexibility index (Phi) is 1.90. The molecule has 0 heterocycles. The SMILES string of the molecule is CC1=CC(F)=C(N)C=CC1. The molecule has 0 aromatic heterocycles. The van der Waals surface area contributed by atoms with E-state index in [1.165, 1.54) is 6.08 Å². The van der Waals surface area contributed by atoms with Gasteiger partial charge in [-0.1, -0.05) is 11.6 Å². The van der Waals surface area contributed by atoms with Gasteiger partial charge in [-0.2, -0.15) is 0 Å². The maximum Gasteiger partial charge on any atom is 0.146 e. The molecule has 0 saturated carbocycles. The summed E-state index contributed by atoms with van der Waals surface area (Å²) in [6.07, 6.45) is 5.71. The van der Waals surface area contributed by atoms with E-state index in [-0.39, 0.29) is 11.5 Å². The molecule has 0 fully saturated rings. The number of rotatable bonds is 0. The third-order valence-corrected chi connectivity index (χ3v) is 1.39. The molecule has 54 valence electrons. The highest BCUT2D eigenvalue weighted by Gasteiger charge is 1.99. The summed E-state index contributed by atoms with van der Waals surface area (Å²) >= 11 is 0. The van der Waals surface area contributed by atoms with E-state index in [0.29, 0.717) is 0 Å². The average molecular weight is 139 g/mol. The Bertz CT molecular complexity index is 223. The highest BCUT2D eigenvalue weighted by Crippen LogP contribution is 2.14. The molecule has 0 aliphatic heterocycles. The molecule has 0 atom stereocenters. The normalized spacial score (nSPS) is 18.8. The summed E-state index contributed by atoms with van der Waals surface area (Å²) in [5.41, 5.74) is 6.53. The summed E-state index contributed by atoms with van der Waals surface area (Å²) in [5, 5.41) is 0. The molecule has 1 aliphatic carbocycles. The zero-order valence-corrected chi connectivity index (χ0v) is 5.89. The summed E-state index contributed by atoms with van der Waals surface area (Å²) in [5.74, 6) is -0.328. The van der Waals surface area contributed by atoms with E-state index in [1.54, 1.807) is 6.08 Å². The van der Waals surface area contributed by atoms with Gasteiger partial charge in [0.15, 0.2) is 0 Å². The quantitative estimate of drug-likeness (QED) is 0.546. The molecule has 0 unspecified atom stereocenters. The van der Waals surface area contributed by atoms with E-state index in [9.17, 15) is 4.39 Å². The first-order valence-corrected chi connectivity index (χ1v) is 3.19. The molecule has 10 heavy (non-hydrogen) atoms. The standard InChI is InChI=1S/C8H10FN/c1-6-3-2-4-8(10)7(9)5-6/h2,4-5H,3,10H2,1H3. The zero-order valence-electron chi connectivity index (χ0n) is 5.89. The topological polar surface area (TPSA) is 26.0 Å². The molecule has 0 amide bonds. The van der Waals surface area contributed by atoms with Crippen molar-refractivity contribution < 1.29 is 4.39 Å². The van der Waals surface area contributed by atoms with Crippen LogP contribution >= 0.6 is 0 Å². The number of halogens is 1. The van der Waals surface area contributed by atoms with Crippen molar-refractivity contribution in [3.05, 3.63) is 35.3 Å². The Morgan fingerprint density at radius 2 is 2.30 bits per heavy atom. The van der Waals surface area contributed by atoms with Crippen molar-refractivity contribution in [3.8, 4) is 0 Å². The second-order valence-electron chi connectivity index (χ2n) is 2.40. The first-order valence-electron chi connectivity index (χ1n) is 3.19. The number of hydrogen-bond donors (Lipinski definition) is 1. The van der Waals surface area contributed by atoms with E-state index >= 15 is 0 Å². The number of hydrogen-bond acceptors (Lipinski definition) is 1. The molecule has 2 N–H and O–H groups in total. The van der Waals surface area contributed by atoms with E-state index in [4.69, 9.17) is 5.73 Å². The van der Waals surface area contributed by atoms with Crippen molar-refractivity contribution in [2.45, 2.75) is 13.3 Å². The fraction of sp³-hybridized carbons (Fsp3) is 0.250. The van der Waals surface area contributed by atoms with Gasteiger partial charge < -0.3 is 5.73 Å². The lowest BCUT2D eigenvalue weighted by atomic mass is 10.2. The zero-order chi connectivity index (χ0) is 7.56. The summed E-state index contributed by atoms with van der Waals surface area (Å²) in [6.45, 7) is 1.88. The van der Waals surface area contributed by atoms with Crippen LogP contribution in [-0.4, -0.2) is 0 Å². The molecule has 0 aromatic carbocycles. The average Bonchev–Trinajstić information content (AvgIpc) is 1.96. The maximum atomic E-state index is 12.7. The van der Waals surface area contributed by atoms with Crippen molar-refractivity contribution in [2.75, 3.05) is 0 Å². The van der Waals surface area contributed by atoms with Crippen LogP contribution in [-0.2, 0) is 0 Å². The Balaban J connectivity index is 2.98. The second-order valence-corrected chi connectivity index (χ2v) is 2.40. The molecule has 0 bridgehead atoms. The van der Waals surface area contributed by atoms with Crippen molar-refractivity contribution >= 4 is 0 Å². The van der Waals surface area contributed by atoms with E-state index in [2.05, 4.69) is 0 Å². The summed E-state index contributed by atoms with van der Waals surface area (Å²) < 4.78 is 12.7. The van der Waals surface area contributed by atoms with Crippen molar-refractivity contribution in [3.63, 3.8) is 0 Å². The van der Waals surface area contributed by atoms with E-state index < -0.39 is 0 Å². The lowest BCUT2D eigenvalue weighted by molar-refractivity contribution is 0.655. The van der Waals surface area contributed by atoms with Crippen molar-refractivity contribution in [2.24, 2.45) is 5.73 Å². The second kappa shape index (κ2) is 2.69. The van der Waals surface area contributed by atoms with Crippen LogP contribution in [0, 0.1) is 0 Å². The fourth-order valence-corrected chi connectivity index (χ4v) is 0.810. The van der Waals surface area contributed by atoms with E-state index in [1.807, 2.05) is 13.0 Å². The molecule has 2 heteroatoms. The lowest BCUT2D eigenvalue weighted by Crippen LogP contribution is -1.93. The van der Waals surface area contributed by atoms with Gasteiger partial charge in [-0.05, 0) is 25.5 Å². The highest BCUT2D eigenvalue weighted by atomic mass is 19.1. The van der Waals surface area contributed by atoms with Crippen LogP contribution in [0.2, 0.25) is 0 Å². The molecule has 0 saturated heterocycles. The Hall–Kier alpha value is -1.05. The van der Waals surface area contributed by atoms with Gasteiger partial charge in [0.25, 0.3) is 0 Å². The van der Waals surface area contributed by atoms with E-state index in [0.717, 1.165) is 12.0 Å². The van der Waals surface area contributed by atoms with Crippen LogP contribution in [0.25, 0.3) is 0 Å². The van der Waals surface area contributed by atoms with Crippen LogP contribution in [0.5, 0.6) is 0 Å². The minimum atomic E-state index is -0.328. The van der Waals surface area contributed by atoms with Crippen molar-refractivity contribution in [1.82, 2.24) is 0 Å². The van der Waals surface area contributed by atoms with Gasteiger partial charge >= 0.3 is 0 Å². The molecule has 0 radical (unpaired) electrons. The number of nitrogens with two attached hydrogens (primary N) is 1. The van der Waals surface area contributed by atoms with Gasteiger partial charge in [-0.15, -0.1) is 0 Å². The van der Waals surface area contributed by atoms with Gasteiger partial charge in [0.1, 0.15) is 5.83 Å². The van der Waals surface area contributed by atoms with Gasteiger partial charge in [0, 0.05) is 0 Å². The first-order chi connectivity index (χ1) is 4.70. The smallest absolute Gasteiger partial charge is 0.146 e. The lowest BCUT2D eigenvalue weighted by Gasteiger charge is -1.90. The molecule has 1 rings (SSSR count). The first kappa shape index (κ1) is 7.06. The predicted octanol–water partition coefficient (Wildman–Crippen LogP) is 2.03. The Morgan fingerprint density at radius 1 is 1.60 bits per heavy atom. The monoisotopic (exact) mass is 139 g/mol. The minimum Gasteiger partial charge on any atom is -0.396 e. The number of allylic oxidation sites excluding steroid dienone is 5. The molecule has 0 aromatic rings. The largest absolute Gasteiger partial charge is 0.396 e. The molecular weight excluding hydrogens is 129 g/mol. The molecule has 1 nitrogen and oxygen atoms in total. The van der Waals surface area contributed by atoms with Crippen LogP contribution in [0.1, 0.15) is 13.3 Å². The highest BCUT2D eigenvalue weighted by molar-refractivity contribution is 5.32. The molecule has 1 aliphatic rings. The third kappa shape index (κ3) is 1.47. The fourth-order valence-electron chi connectivity index (χ4n) is 0.810. The van der Waals surface area contributed by atoms with Gasteiger partial charge in [-0.3, -0.25) is 0 Å². The predicted molar refractivity (Wildman–Crippen MR) is 39.8 cm³/mol. The summed E-state index contributed by atoms with van der Waals surface area (Å²) in [7, 11) is 0.